The second-order valence-corrected chi connectivity index (χ2v) is 6.30. The zero-order valence-corrected chi connectivity index (χ0v) is 13.7. The second-order valence-electron chi connectivity index (χ2n) is 6.30. The molecule has 0 aromatic carbocycles. The van der Waals surface area contributed by atoms with Crippen LogP contribution in [0.5, 0.6) is 0 Å². The van der Waals surface area contributed by atoms with Gasteiger partial charge in [-0.15, -0.1) is 0 Å². The fourth-order valence-corrected chi connectivity index (χ4v) is 3.26. The van der Waals surface area contributed by atoms with Crippen LogP contribution in [0, 0.1) is 6.92 Å². The highest BCUT2D eigenvalue weighted by molar-refractivity contribution is 5.87. The van der Waals surface area contributed by atoms with E-state index < -0.39 is 0 Å². The first-order valence-electron chi connectivity index (χ1n) is 7.88. The molecule has 0 aliphatic carbocycles. The van der Waals surface area contributed by atoms with Gasteiger partial charge < -0.3 is 15.5 Å². The molecule has 0 amide bonds. The van der Waals surface area contributed by atoms with Crippen molar-refractivity contribution in [1.82, 2.24) is 29.5 Å². The summed E-state index contributed by atoms with van der Waals surface area (Å²) in [7, 11) is 4.34. The first kappa shape index (κ1) is 15.2. The maximum atomic E-state index is 5.93. The van der Waals surface area contributed by atoms with Crippen molar-refractivity contribution >= 4 is 16.9 Å². The Bertz CT molecular complexity index is 641. The molecule has 0 spiro atoms. The summed E-state index contributed by atoms with van der Waals surface area (Å²) in [6.07, 6.45) is 3.99. The van der Waals surface area contributed by atoms with Crippen molar-refractivity contribution in [1.29, 1.82) is 0 Å². The molecule has 120 valence electrons. The summed E-state index contributed by atoms with van der Waals surface area (Å²) in [5.74, 6) is 0.514. The van der Waals surface area contributed by atoms with Gasteiger partial charge in [0.05, 0.1) is 17.6 Å². The first-order chi connectivity index (χ1) is 10.6. The molecule has 0 saturated carbocycles. The number of fused-ring (bicyclic) bond motifs is 1. The predicted octanol–water partition coefficient (Wildman–Crippen LogP) is 0.743. The summed E-state index contributed by atoms with van der Waals surface area (Å²) >= 11 is 0. The maximum Gasteiger partial charge on any atom is 0.163 e. The lowest BCUT2D eigenvalue weighted by atomic mass is 10.0. The Balaban J connectivity index is 1.64. The minimum Gasteiger partial charge on any atom is -0.383 e. The van der Waals surface area contributed by atoms with Crippen LogP contribution < -0.4 is 5.73 Å². The van der Waals surface area contributed by atoms with E-state index in [-0.39, 0.29) is 0 Å². The molecule has 7 heteroatoms. The first-order valence-corrected chi connectivity index (χ1v) is 7.88. The molecule has 1 saturated heterocycles. The quantitative estimate of drug-likeness (QED) is 0.898. The lowest BCUT2D eigenvalue weighted by Crippen LogP contribution is -2.42. The van der Waals surface area contributed by atoms with E-state index in [4.69, 9.17) is 5.73 Å². The maximum absolute atomic E-state index is 5.93. The van der Waals surface area contributed by atoms with Crippen molar-refractivity contribution in [2.24, 2.45) is 0 Å². The van der Waals surface area contributed by atoms with Gasteiger partial charge in [0, 0.05) is 12.6 Å². The SMILES string of the molecule is Cc1nn(CCN2CCC(N(C)C)CC2)c2ncnc(N)c12. The molecular weight excluding hydrogens is 278 g/mol. The number of hydrogen-bond donors (Lipinski definition) is 1. The average molecular weight is 303 g/mol. The van der Waals surface area contributed by atoms with Gasteiger partial charge in [0.2, 0.25) is 0 Å². The van der Waals surface area contributed by atoms with Crippen molar-refractivity contribution in [3.8, 4) is 0 Å². The topological polar surface area (TPSA) is 76.1 Å². The van der Waals surface area contributed by atoms with Crippen LogP contribution in [0.2, 0.25) is 0 Å². The Morgan fingerprint density at radius 3 is 2.64 bits per heavy atom. The molecule has 1 fully saturated rings. The Morgan fingerprint density at radius 1 is 1.23 bits per heavy atom. The van der Waals surface area contributed by atoms with E-state index in [9.17, 15) is 0 Å². The predicted molar refractivity (Wildman–Crippen MR) is 87.6 cm³/mol. The lowest BCUT2D eigenvalue weighted by Gasteiger charge is -2.35. The number of nitrogen functional groups attached to an aromatic ring is 1. The van der Waals surface area contributed by atoms with Gasteiger partial charge in [-0.05, 0) is 47.0 Å². The number of nitrogens with zero attached hydrogens (tertiary/aromatic N) is 6. The number of likely N-dealkylation sites (tertiary alicyclic amines) is 1. The minimum absolute atomic E-state index is 0.514. The fourth-order valence-electron chi connectivity index (χ4n) is 3.26. The van der Waals surface area contributed by atoms with Crippen molar-refractivity contribution < 1.29 is 0 Å². The third-order valence-electron chi connectivity index (χ3n) is 4.65. The van der Waals surface area contributed by atoms with Gasteiger partial charge >= 0.3 is 0 Å². The molecule has 0 unspecified atom stereocenters. The number of hydrogen-bond acceptors (Lipinski definition) is 6. The molecule has 0 atom stereocenters. The number of piperidine rings is 1. The smallest absolute Gasteiger partial charge is 0.163 e. The number of rotatable bonds is 4. The van der Waals surface area contributed by atoms with Crippen LogP contribution in [-0.2, 0) is 6.54 Å². The molecule has 0 bridgehead atoms. The number of anilines is 1. The van der Waals surface area contributed by atoms with Gasteiger partial charge in [-0.1, -0.05) is 0 Å². The van der Waals surface area contributed by atoms with Crippen LogP contribution in [0.3, 0.4) is 0 Å². The van der Waals surface area contributed by atoms with Crippen LogP contribution in [0.1, 0.15) is 18.5 Å². The molecule has 1 aliphatic rings. The minimum atomic E-state index is 0.514. The van der Waals surface area contributed by atoms with Crippen molar-refractivity contribution in [2.75, 3.05) is 39.5 Å². The molecule has 1 aliphatic heterocycles. The summed E-state index contributed by atoms with van der Waals surface area (Å²) < 4.78 is 1.96. The Labute approximate surface area is 131 Å². The number of nitrogens with two attached hydrogens (primary N) is 1. The van der Waals surface area contributed by atoms with Crippen molar-refractivity contribution in [3.63, 3.8) is 0 Å². The van der Waals surface area contributed by atoms with E-state index in [1.165, 1.54) is 19.2 Å². The fraction of sp³-hybridized carbons (Fsp3) is 0.667. The van der Waals surface area contributed by atoms with E-state index >= 15 is 0 Å². The van der Waals surface area contributed by atoms with E-state index in [1.807, 2.05) is 11.6 Å². The molecule has 22 heavy (non-hydrogen) atoms. The van der Waals surface area contributed by atoms with Crippen LogP contribution in [0.4, 0.5) is 5.82 Å². The molecule has 3 heterocycles. The summed E-state index contributed by atoms with van der Waals surface area (Å²) in [5.41, 5.74) is 7.68. The zero-order chi connectivity index (χ0) is 15.7. The van der Waals surface area contributed by atoms with Crippen molar-refractivity contribution in [2.45, 2.75) is 32.4 Å². The van der Waals surface area contributed by atoms with Crippen LogP contribution in [0.15, 0.2) is 6.33 Å². The normalized spacial score (nSPS) is 17.6. The molecule has 0 radical (unpaired) electrons. The van der Waals surface area contributed by atoms with Crippen molar-refractivity contribution in [3.05, 3.63) is 12.0 Å². The van der Waals surface area contributed by atoms with Crippen LogP contribution in [-0.4, -0.2) is 69.3 Å². The van der Waals surface area contributed by atoms with Gasteiger partial charge in [0.25, 0.3) is 0 Å². The lowest BCUT2D eigenvalue weighted by molar-refractivity contribution is 0.141. The van der Waals surface area contributed by atoms with E-state index in [0.717, 1.165) is 48.9 Å². The molecule has 2 N–H and O–H groups in total. The van der Waals surface area contributed by atoms with Gasteiger partial charge in [-0.3, -0.25) is 0 Å². The number of aromatic nitrogens is 4. The highest BCUT2D eigenvalue weighted by Crippen LogP contribution is 2.20. The monoisotopic (exact) mass is 303 g/mol. The average Bonchev–Trinajstić information content (AvgIpc) is 2.83. The van der Waals surface area contributed by atoms with E-state index in [1.54, 1.807) is 0 Å². The highest BCUT2D eigenvalue weighted by Gasteiger charge is 2.20. The molecule has 2 aromatic rings. The molecule has 3 rings (SSSR count). The summed E-state index contributed by atoms with van der Waals surface area (Å²) in [4.78, 5) is 13.2. The van der Waals surface area contributed by atoms with E-state index in [2.05, 4.69) is 39.0 Å². The largest absolute Gasteiger partial charge is 0.383 e. The van der Waals surface area contributed by atoms with Gasteiger partial charge in [0.1, 0.15) is 12.1 Å². The Morgan fingerprint density at radius 2 is 1.95 bits per heavy atom. The molecular formula is C15H25N7. The Kier molecular flexibility index (Phi) is 4.26. The van der Waals surface area contributed by atoms with Gasteiger partial charge in [-0.2, -0.15) is 5.10 Å². The third-order valence-corrected chi connectivity index (χ3v) is 4.65. The second kappa shape index (κ2) is 6.18. The highest BCUT2D eigenvalue weighted by atomic mass is 15.3. The summed E-state index contributed by atoms with van der Waals surface area (Å²) in [6.45, 7) is 6.10. The number of aryl methyl sites for hydroxylation is 1. The summed E-state index contributed by atoms with van der Waals surface area (Å²) in [6, 6.07) is 0.719. The third kappa shape index (κ3) is 2.91. The Hall–Kier alpha value is -1.73. The van der Waals surface area contributed by atoms with E-state index in [0.29, 0.717) is 5.82 Å². The van der Waals surface area contributed by atoms with Crippen LogP contribution in [0.25, 0.3) is 11.0 Å². The zero-order valence-electron chi connectivity index (χ0n) is 13.7. The molecule has 7 nitrogen and oxygen atoms in total. The van der Waals surface area contributed by atoms with Gasteiger partial charge in [0.15, 0.2) is 5.65 Å². The molecule has 2 aromatic heterocycles. The standard InChI is InChI=1S/C15H25N7/c1-11-13-14(16)17-10-18-15(13)22(19-11)9-8-21-6-4-12(5-7-21)20(2)3/h10,12H,4-9H2,1-3H3,(H2,16,17,18). The summed E-state index contributed by atoms with van der Waals surface area (Å²) in [5, 5.41) is 5.46. The van der Waals surface area contributed by atoms with Crippen LogP contribution >= 0.6 is 0 Å². The van der Waals surface area contributed by atoms with Gasteiger partial charge in [-0.25, -0.2) is 14.6 Å².